The normalized spacial score (nSPS) is 21.4. The summed E-state index contributed by atoms with van der Waals surface area (Å²) in [5.41, 5.74) is -3.66. The van der Waals surface area contributed by atoms with Crippen LogP contribution in [0, 0.1) is 16.7 Å². The summed E-state index contributed by atoms with van der Waals surface area (Å²) in [5.74, 6) is -4.04. The molecule has 2 amide bonds. The van der Waals surface area contributed by atoms with Gasteiger partial charge in [0.25, 0.3) is 5.92 Å². The van der Waals surface area contributed by atoms with Crippen molar-refractivity contribution in [2.24, 2.45) is 5.41 Å². The van der Waals surface area contributed by atoms with Crippen LogP contribution in [0.4, 0.5) is 13.6 Å². The minimum atomic E-state index is -3.25. The molecule has 8 heteroatoms. The third-order valence-electron chi connectivity index (χ3n) is 5.03. The van der Waals surface area contributed by atoms with Gasteiger partial charge in [-0.15, -0.1) is 0 Å². The minimum absolute atomic E-state index is 0.0850. The lowest BCUT2D eigenvalue weighted by molar-refractivity contribution is -0.139. The number of carbonyl (C=O) groups is 2. The van der Waals surface area contributed by atoms with Gasteiger partial charge in [-0.3, -0.25) is 4.79 Å². The average molecular weight is 383 g/mol. The molecule has 1 aliphatic heterocycles. The quantitative estimate of drug-likeness (QED) is 0.755. The summed E-state index contributed by atoms with van der Waals surface area (Å²) in [7, 11) is 0. The summed E-state index contributed by atoms with van der Waals surface area (Å²) < 4.78 is 34.0. The second-order valence-electron chi connectivity index (χ2n) is 8.32. The number of piperidine rings is 1. The fraction of sp³-hybridized carbons (Fsp3) is 0.737. The Morgan fingerprint density at radius 2 is 1.74 bits per heavy atom. The van der Waals surface area contributed by atoms with E-state index in [1.54, 1.807) is 20.8 Å². The van der Waals surface area contributed by atoms with Crippen LogP contribution in [0.5, 0.6) is 0 Å². The zero-order valence-corrected chi connectivity index (χ0v) is 16.3. The molecule has 27 heavy (non-hydrogen) atoms. The zero-order chi connectivity index (χ0) is 20.5. The summed E-state index contributed by atoms with van der Waals surface area (Å²) in [6, 6.07) is 2.07. The maximum absolute atomic E-state index is 14.3. The summed E-state index contributed by atoms with van der Waals surface area (Å²) >= 11 is 0. The first-order valence-electron chi connectivity index (χ1n) is 9.14. The van der Waals surface area contributed by atoms with Crippen molar-refractivity contribution < 1.29 is 23.1 Å². The van der Waals surface area contributed by atoms with Crippen LogP contribution in [0.25, 0.3) is 0 Å². The number of amides is 2. The highest BCUT2D eigenvalue weighted by molar-refractivity contribution is 5.88. The number of nitrogens with zero attached hydrogens (tertiary/aromatic N) is 2. The van der Waals surface area contributed by atoms with E-state index < -0.39 is 34.5 Å². The van der Waals surface area contributed by atoms with Crippen molar-refractivity contribution in [2.45, 2.75) is 70.4 Å². The van der Waals surface area contributed by atoms with Gasteiger partial charge in [0, 0.05) is 25.9 Å². The van der Waals surface area contributed by atoms with E-state index in [1.165, 1.54) is 17.9 Å². The van der Waals surface area contributed by atoms with Gasteiger partial charge in [-0.05, 0) is 46.6 Å². The van der Waals surface area contributed by atoms with Crippen molar-refractivity contribution in [3.05, 3.63) is 12.2 Å². The van der Waals surface area contributed by atoms with Gasteiger partial charge in [0.1, 0.15) is 16.6 Å². The molecule has 0 bridgehead atoms. The summed E-state index contributed by atoms with van der Waals surface area (Å²) in [5, 5.41) is 12.2. The van der Waals surface area contributed by atoms with Crippen LogP contribution in [0.3, 0.4) is 0 Å². The van der Waals surface area contributed by atoms with Crippen LogP contribution in [0.15, 0.2) is 12.2 Å². The largest absolute Gasteiger partial charge is 0.444 e. The molecule has 0 atom stereocenters. The average Bonchev–Trinajstić information content (AvgIpc) is 3.36. The maximum atomic E-state index is 14.3. The number of hydrogen-bond donors (Lipinski definition) is 1. The predicted octanol–water partition coefficient (Wildman–Crippen LogP) is 3.39. The predicted molar refractivity (Wildman–Crippen MR) is 95.0 cm³/mol. The van der Waals surface area contributed by atoms with E-state index >= 15 is 0 Å². The van der Waals surface area contributed by atoms with Gasteiger partial charge < -0.3 is 15.0 Å². The number of rotatable bonds is 4. The smallest absolute Gasteiger partial charge is 0.410 e. The van der Waals surface area contributed by atoms with Crippen LogP contribution in [0.2, 0.25) is 0 Å². The monoisotopic (exact) mass is 383 g/mol. The van der Waals surface area contributed by atoms with Gasteiger partial charge in [0.2, 0.25) is 5.91 Å². The van der Waals surface area contributed by atoms with Gasteiger partial charge in [-0.1, -0.05) is 6.08 Å². The van der Waals surface area contributed by atoms with Crippen LogP contribution in [-0.4, -0.2) is 47.1 Å². The lowest BCUT2D eigenvalue weighted by atomic mass is 9.87. The van der Waals surface area contributed by atoms with Crippen LogP contribution in [0.1, 0.15) is 53.4 Å². The second kappa shape index (κ2) is 7.10. The van der Waals surface area contributed by atoms with E-state index in [0.717, 1.165) is 6.08 Å². The molecule has 1 aliphatic carbocycles. The van der Waals surface area contributed by atoms with E-state index in [2.05, 4.69) is 11.4 Å². The molecular weight excluding hydrogens is 356 g/mol. The molecule has 1 N–H and O–H groups in total. The molecule has 2 fully saturated rings. The third-order valence-corrected chi connectivity index (χ3v) is 5.03. The lowest BCUT2D eigenvalue weighted by Crippen LogP contribution is -2.58. The van der Waals surface area contributed by atoms with Gasteiger partial charge in [-0.25, -0.2) is 13.6 Å². The highest BCUT2D eigenvalue weighted by atomic mass is 19.3. The number of halogens is 2. The SMILES string of the molecule is C/C=C/C(F)(F)C1(C(=O)NC2(C#N)CCN(C(=O)OC(C)(C)C)CC2)CC1. The molecule has 0 aromatic heterocycles. The highest BCUT2D eigenvalue weighted by Crippen LogP contribution is 2.58. The zero-order valence-electron chi connectivity index (χ0n) is 16.3. The van der Waals surface area contributed by atoms with Crippen molar-refractivity contribution in [1.29, 1.82) is 5.26 Å². The number of carbonyl (C=O) groups excluding carboxylic acids is 2. The summed E-state index contributed by atoms with van der Waals surface area (Å²) in [4.78, 5) is 26.2. The Hall–Kier alpha value is -2.17. The van der Waals surface area contributed by atoms with Crippen molar-refractivity contribution in [3.63, 3.8) is 0 Å². The Bertz CT molecular complexity index is 665. The Morgan fingerprint density at radius 1 is 1.19 bits per heavy atom. The molecule has 1 heterocycles. The fourth-order valence-corrected chi connectivity index (χ4v) is 3.20. The van der Waals surface area contributed by atoms with E-state index in [4.69, 9.17) is 4.74 Å². The third kappa shape index (κ3) is 4.40. The molecule has 6 nitrogen and oxygen atoms in total. The highest BCUT2D eigenvalue weighted by Gasteiger charge is 2.66. The Balaban J connectivity index is 2.03. The maximum Gasteiger partial charge on any atom is 0.410 e. The van der Waals surface area contributed by atoms with Gasteiger partial charge in [-0.2, -0.15) is 5.26 Å². The number of likely N-dealkylation sites (tertiary alicyclic amines) is 1. The molecule has 150 valence electrons. The molecule has 0 unspecified atom stereocenters. The van der Waals surface area contributed by atoms with Gasteiger partial charge >= 0.3 is 6.09 Å². The Morgan fingerprint density at radius 3 is 2.15 bits per heavy atom. The van der Waals surface area contributed by atoms with Crippen LogP contribution >= 0.6 is 0 Å². The molecule has 1 saturated heterocycles. The van der Waals surface area contributed by atoms with Crippen LogP contribution in [-0.2, 0) is 9.53 Å². The first kappa shape index (κ1) is 21.1. The molecule has 2 rings (SSSR count). The van der Waals surface area contributed by atoms with Crippen molar-refractivity contribution >= 4 is 12.0 Å². The van der Waals surface area contributed by atoms with Crippen LogP contribution < -0.4 is 5.32 Å². The molecular formula is C19H27F2N3O3. The number of allylic oxidation sites excluding steroid dienone is 2. The topological polar surface area (TPSA) is 82.4 Å². The molecule has 0 radical (unpaired) electrons. The standard InChI is InChI=1S/C19H27F2N3O3/c1-5-6-19(20,21)18(7-8-18)14(25)23-17(13-22)9-11-24(12-10-17)15(26)27-16(2,3)4/h5-6H,7-12H2,1-4H3,(H,23,25)/b6-5+. The summed E-state index contributed by atoms with van der Waals surface area (Å²) in [6.07, 6.45) is 1.98. The minimum Gasteiger partial charge on any atom is -0.444 e. The summed E-state index contributed by atoms with van der Waals surface area (Å²) in [6.45, 7) is 7.17. The van der Waals surface area contributed by atoms with Gasteiger partial charge in [0.05, 0.1) is 6.07 Å². The lowest BCUT2D eigenvalue weighted by Gasteiger charge is -2.39. The number of ether oxygens (including phenoxy) is 1. The number of nitriles is 1. The molecule has 0 aromatic rings. The second-order valence-corrected chi connectivity index (χ2v) is 8.32. The molecule has 1 saturated carbocycles. The van der Waals surface area contributed by atoms with E-state index in [9.17, 15) is 23.6 Å². The Kier molecular flexibility index (Phi) is 5.56. The number of alkyl halides is 2. The van der Waals surface area contributed by atoms with Crippen molar-refractivity contribution in [1.82, 2.24) is 10.2 Å². The first-order valence-corrected chi connectivity index (χ1v) is 9.14. The number of hydrogen-bond acceptors (Lipinski definition) is 4. The van der Waals surface area contributed by atoms with Crippen molar-refractivity contribution in [2.75, 3.05) is 13.1 Å². The first-order chi connectivity index (χ1) is 12.4. The molecule has 0 spiro atoms. The van der Waals surface area contributed by atoms with E-state index in [-0.39, 0.29) is 38.8 Å². The molecule has 2 aliphatic rings. The fourth-order valence-electron chi connectivity index (χ4n) is 3.20. The van der Waals surface area contributed by atoms with Gasteiger partial charge in [0.15, 0.2) is 0 Å². The molecule has 0 aromatic carbocycles. The van der Waals surface area contributed by atoms with E-state index in [1.807, 2.05) is 0 Å². The number of nitrogens with one attached hydrogen (secondary N) is 1. The van der Waals surface area contributed by atoms with E-state index in [0.29, 0.717) is 0 Å². The Labute approximate surface area is 158 Å². The van der Waals surface area contributed by atoms with Crippen molar-refractivity contribution in [3.8, 4) is 6.07 Å².